The van der Waals surface area contributed by atoms with Gasteiger partial charge in [-0.25, -0.2) is 5.11 Å². The molecule has 1 aromatic carbocycles. The molecule has 0 saturated heterocycles. The molecule has 1 atom stereocenters. The van der Waals surface area contributed by atoms with Crippen LogP contribution in [0.5, 0.6) is 0 Å². The lowest BCUT2D eigenvalue weighted by molar-refractivity contribution is 0.177. The third kappa shape index (κ3) is 2.22. The molecule has 0 heterocycles. The molecule has 0 N–H and O–H groups in total. The molecule has 0 saturated carbocycles. The lowest BCUT2D eigenvalue weighted by atomic mass is 10.2. The van der Waals surface area contributed by atoms with Gasteiger partial charge in [0.1, 0.15) is 12.9 Å². The van der Waals surface area contributed by atoms with Crippen molar-refractivity contribution in [2.24, 2.45) is 0 Å². The molecule has 2 nitrogen and oxygen atoms in total. The highest BCUT2D eigenvalue weighted by Crippen LogP contribution is 2.10. The second kappa shape index (κ2) is 3.76. The molecule has 0 fully saturated rings. The first-order valence-electron chi connectivity index (χ1n) is 3.24. The van der Waals surface area contributed by atoms with Crippen molar-refractivity contribution in [2.75, 3.05) is 6.26 Å². The zero-order valence-corrected chi connectivity index (χ0v) is 7.06. The van der Waals surface area contributed by atoms with E-state index in [1.807, 2.05) is 0 Å². The SMILES string of the molecule is C[S+]([O-])c1cccc(C[O])c1. The van der Waals surface area contributed by atoms with E-state index in [0.717, 1.165) is 4.90 Å². The molecule has 59 valence electrons. The van der Waals surface area contributed by atoms with Crippen LogP contribution >= 0.6 is 0 Å². The Bertz CT molecular complexity index is 235. The van der Waals surface area contributed by atoms with Crippen LogP contribution in [-0.2, 0) is 22.9 Å². The molecule has 0 aliphatic carbocycles. The van der Waals surface area contributed by atoms with Gasteiger partial charge in [0.2, 0.25) is 0 Å². The number of hydrogen-bond donors (Lipinski definition) is 0. The summed E-state index contributed by atoms with van der Waals surface area (Å²) < 4.78 is 10.9. The fourth-order valence-electron chi connectivity index (χ4n) is 0.814. The summed E-state index contributed by atoms with van der Waals surface area (Å²) in [5, 5.41) is 10.4. The smallest absolute Gasteiger partial charge is 0.152 e. The predicted octanol–water partition coefficient (Wildman–Crippen LogP) is 1.35. The van der Waals surface area contributed by atoms with Crippen LogP contribution in [0.4, 0.5) is 0 Å². The predicted molar refractivity (Wildman–Crippen MR) is 43.2 cm³/mol. The van der Waals surface area contributed by atoms with Crippen molar-refractivity contribution in [3.63, 3.8) is 0 Å². The van der Waals surface area contributed by atoms with Gasteiger partial charge in [0.15, 0.2) is 4.90 Å². The van der Waals surface area contributed by atoms with Gasteiger partial charge in [-0.2, -0.15) is 0 Å². The van der Waals surface area contributed by atoms with Crippen molar-refractivity contribution in [3.8, 4) is 0 Å². The maximum absolute atomic E-state index is 10.9. The van der Waals surface area contributed by atoms with Crippen LogP contribution in [0.1, 0.15) is 5.56 Å². The maximum atomic E-state index is 10.9. The molecule has 11 heavy (non-hydrogen) atoms. The molecule has 0 aromatic heterocycles. The number of hydrogen-bond acceptors (Lipinski definition) is 1. The third-order valence-electron chi connectivity index (χ3n) is 1.40. The zero-order valence-electron chi connectivity index (χ0n) is 6.24. The average molecular weight is 169 g/mol. The summed E-state index contributed by atoms with van der Waals surface area (Å²) in [6.07, 6.45) is 1.60. The van der Waals surface area contributed by atoms with Crippen LogP contribution < -0.4 is 0 Å². The molecule has 1 radical (unpaired) electrons. The first-order valence-corrected chi connectivity index (χ1v) is 4.80. The minimum absolute atomic E-state index is 0.245. The third-order valence-corrected chi connectivity index (χ3v) is 2.31. The van der Waals surface area contributed by atoms with E-state index in [0.29, 0.717) is 5.56 Å². The first-order chi connectivity index (χ1) is 5.24. The van der Waals surface area contributed by atoms with Gasteiger partial charge < -0.3 is 4.55 Å². The van der Waals surface area contributed by atoms with Gasteiger partial charge in [-0.15, -0.1) is 0 Å². The first kappa shape index (κ1) is 8.59. The molecule has 0 spiro atoms. The van der Waals surface area contributed by atoms with Gasteiger partial charge in [0.05, 0.1) is 0 Å². The quantitative estimate of drug-likeness (QED) is 0.616. The number of benzene rings is 1. The highest BCUT2D eigenvalue weighted by molar-refractivity contribution is 7.90. The molecule has 1 unspecified atom stereocenters. The Balaban J connectivity index is 2.91. The topological polar surface area (TPSA) is 43.0 Å². The van der Waals surface area contributed by atoms with Crippen molar-refractivity contribution in [1.29, 1.82) is 0 Å². The van der Waals surface area contributed by atoms with Crippen LogP contribution in [0, 0.1) is 0 Å². The highest BCUT2D eigenvalue weighted by atomic mass is 32.2. The Labute approximate surface area is 69.0 Å². The van der Waals surface area contributed by atoms with Crippen LogP contribution in [0.25, 0.3) is 0 Å². The van der Waals surface area contributed by atoms with E-state index in [-0.39, 0.29) is 6.61 Å². The Morgan fingerprint density at radius 1 is 1.55 bits per heavy atom. The lowest BCUT2D eigenvalue weighted by Crippen LogP contribution is -1.97. The van der Waals surface area contributed by atoms with Crippen molar-refractivity contribution in [1.82, 2.24) is 0 Å². The van der Waals surface area contributed by atoms with Gasteiger partial charge in [-0.05, 0) is 28.9 Å². The molecule has 0 aliphatic heterocycles. The van der Waals surface area contributed by atoms with Crippen molar-refractivity contribution in [3.05, 3.63) is 29.8 Å². The summed E-state index contributed by atoms with van der Waals surface area (Å²) in [4.78, 5) is 0.721. The van der Waals surface area contributed by atoms with Crippen LogP contribution in [0.15, 0.2) is 29.2 Å². The summed E-state index contributed by atoms with van der Waals surface area (Å²) in [5.74, 6) is 0. The summed E-state index contributed by atoms with van der Waals surface area (Å²) in [5.41, 5.74) is 0.692. The van der Waals surface area contributed by atoms with E-state index in [4.69, 9.17) is 0 Å². The summed E-state index contributed by atoms with van der Waals surface area (Å²) in [6, 6.07) is 6.94. The zero-order chi connectivity index (χ0) is 8.27. The standard InChI is InChI=1S/C8H9O2S/c1-11(10)8-4-2-3-7(5-8)6-9/h2-5H,6H2,1H3. The van der Waals surface area contributed by atoms with Gasteiger partial charge in [0.25, 0.3) is 0 Å². The minimum Gasteiger partial charge on any atom is -0.612 e. The summed E-state index contributed by atoms with van der Waals surface area (Å²) in [7, 11) is 0. The molecular weight excluding hydrogens is 160 g/mol. The van der Waals surface area contributed by atoms with Crippen LogP contribution in [0.3, 0.4) is 0 Å². The molecular formula is C8H9O2S. The molecule has 0 amide bonds. The monoisotopic (exact) mass is 169 g/mol. The number of rotatable bonds is 2. The molecule has 3 heteroatoms. The van der Waals surface area contributed by atoms with E-state index in [1.165, 1.54) is 0 Å². The Hall–Kier alpha value is -0.510. The lowest BCUT2D eigenvalue weighted by Gasteiger charge is -2.03. The van der Waals surface area contributed by atoms with Gasteiger partial charge in [-0.1, -0.05) is 12.1 Å². The van der Waals surface area contributed by atoms with E-state index in [1.54, 1.807) is 30.5 Å². The normalized spacial score (nSPS) is 13.0. The Morgan fingerprint density at radius 2 is 2.27 bits per heavy atom. The Morgan fingerprint density at radius 3 is 2.82 bits per heavy atom. The van der Waals surface area contributed by atoms with Gasteiger partial charge >= 0.3 is 0 Å². The van der Waals surface area contributed by atoms with Crippen molar-refractivity contribution in [2.45, 2.75) is 11.5 Å². The van der Waals surface area contributed by atoms with Gasteiger partial charge in [0, 0.05) is 0 Å². The maximum Gasteiger partial charge on any atom is 0.152 e. The summed E-state index contributed by atoms with van der Waals surface area (Å²) >= 11 is -0.980. The fourth-order valence-corrected chi connectivity index (χ4v) is 1.40. The van der Waals surface area contributed by atoms with E-state index >= 15 is 0 Å². The van der Waals surface area contributed by atoms with E-state index in [2.05, 4.69) is 0 Å². The van der Waals surface area contributed by atoms with Crippen LogP contribution in [-0.4, -0.2) is 10.8 Å². The van der Waals surface area contributed by atoms with E-state index < -0.39 is 11.2 Å². The highest BCUT2D eigenvalue weighted by Gasteiger charge is 2.03. The Kier molecular flexibility index (Phi) is 2.93. The van der Waals surface area contributed by atoms with Crippen molar-refractivity contribution < 1.29 is 9.66 Å². The minimum atomic E-state index is -0.980. The second-order valence-electron chi connectivity index (χ2n) is 2.25. The van der Waals surface area contributed by atoms with Crippen LogP contribution in [0.2, 0.25) is 0 Å². The molecule has 0 aliphatic rings. The molecule has 0 bridgehead atoms. The second-order valence-corrected chi connectivity index (χ2v) is 3.63. The molecule has 1 rings (SSSR count). The van der Waals surface area contributed by atoms with Gasteiger partial charge in [-0.3, -0.25) is 0 Å². The van der Waals surface area contributed by atoms with E-state index in [9.17, 15) is 9.66 Å². The largest absolute Gasteiger partial charge is 0.612 e. The molecule has 1 aromatic rings. The fraction of sp³-hybridized carbons (Fsp3) is 0.250. The van der Waals surface area contributed by atoms with Crippen molar-refractivity contribution >= 4 is 11.2 Å². The average Bonchev–Trinajstić information content (AvgIpc) is 2.05. The summed E-state index contributed by atoms with van der Waals surface area (Å²) in [6.45, 7) is -0.245.